The van der Waals surface area contributed by atoms with Crippen molar-refractivity contribution in [3.05, 3.63) is 29.8 Å². The quantitative estimate of drug-likeness (QED) is 0.795. The zero-order valence-electron chi connectivity index (χ0n) is 10.7. The molecule has 4 nitrogen and oxygen atoms in total. The molecule has 1 aliphatic rings. The molecule has 0 radical (unpaired) electrons. The summed E-state index contributed by atoms with van der Waals surface area (Å²) in [7, 11) is -3.52. The van der Waals surface area contributed by atoms with E-state index >= 15 is 0 Å². The number of terminal acetylenes is 1. The second-order valence-electron chi connectivity index (χ2n) is 4.80. The van der Waals surface area contributed by atoms with Gasteiger partial charge in [-0.2, -0.15) is 4.31 Å². The largest absolute Gasteiger partial charge is 0.326 e. The van der Waals surface area contributed by atoms with E-state index in [1.165, 1.54) is 4.31 Å². The summed E-state index contributed by atoms with van der Waals surface area (Å²) in [5, 5.41) is 0. The van der Waals surface area contributed by atoms with Crippen molar-refractivity contribution in [2.45, 2.75) is 24.3 Å². The van der Waals surface area contributed by atoms with Crippen molar-refractivity contribution in [2.24, 2.45) is 11.7 Å². The fourth-order valence-electron chi connectivity index (χ4n) is 1.92. The van der Waals surface area contributed by atoms with E-state index in [2.05, 4.69) is 5.92 Å². The Balaban J connectivity index is 2.29. The number of hydrogen-bond donors (Lipinski definition) is 1. The van der Waals surface area contributed by atoms with E-state index < -0.39 is 10.0 Å². The molecular formula is C14H18N2O2S. The van der Waals surface area contributed by atoms with Gasteiger partial charge in [0.2, 0.25) is 10.0 Å². The van der Waals surface area contributed by atoms with Gasteiger partial charge < -0.3 is 5.73 Å². The molecule has 1 aromatic carbocycles. The summed E-state index contributed by atoms with van der Waals surface area (Å²) in [6.07, 6.45) is 7.45. The minimum atomic E-state index is -3.52. The van der Waals surface area contributed by atoms with E-state index in [0.717, 1.165) is 18.4 Å². The summed E-state index contributed by atoms with van der Waals surface area (Å²) in [4.78, 5) is 0.270. The summed E-state index contributed by atoms with van der Waals surface area (Å²) in [6, 6.07) is 6.72. The van der Waals surface area contributed by atoms with Crippen LogP contribution in [0.3, 0.4) is 0 Å². The Bertz CT molecular complexity index is 586. The van der Waals surface area contributed by atoms with Crippen molar-refractivity contribution >= 4 is 10.0 Å². The summed E-state index contributed by atoms with van der Waals surface area (Å²) in [5.41, 5.74) is 6.35. The van der Waals surface area contributed by atoms with Gasteiger partial charge in [-0.3, -0.25) is 0 Å². The lowest BCUT2D eigenvalue weighted by atomic mass is 10.2. The molecule has 19 heavy (non-hydrogen) atoms. The number of nitrogens with two attached hydrogens (primary N) is 1. The van der Waals surface area contributed by atoms with Crippen LogP contribution in [-0.4, -0.2) is 25.8 Å². The Labute approximate surface area is 114 Å². The van der Waals surface area contributed by atoms with E-state index in [9.17, 15) is 8.42 Å². The van der Waals surface area contributed by atoms with Gasteiger partial charge in [0.1, 0.15) is 0 Å². The highest BCUT2D eigenvalue weighted by molar-refractivity contribution is 7.89. The predicted octanol–water partition coefficient (Wildman–Crippen LogP) is 1.18. The van der Waals surface area contributed by atoms with Gasteiger partial charge in [0.15, 0.2) is 0 Å². The first-order chi connectivity index (χ1) is 9.07. The number of benzene rings is 1. The highest BCUT2D eigenvalue weighted by Gasteiger charge is 2.31. The first kappa shape index (κ1) is 14.1. The highest BCUT2D eigenvalue weighted by atomic mass is 32.2. The number of hydrogen-bond acceptors (Lipinski definition) is 3. The first-order valence-electron chi connectivity index (χ1n) is 6.30. The van der Waals surface area contributed by atoms with Crippen LogP contribution in [-0.2, 0) is 16.6 Å². The average molecular weight is 278 g/mol. The Morgan fingerprint density at radius 1 is 1.42 bits per heavy atom. The van der Waals surface area contributed by atoms with Crippen molar-refractivity contribution < 1.29 is 8.42 Å². The molecule has 0 spiro atoms. The lowest BCUT2D eigenvalue weighted by molar-refractivity contribution is 0.430. The molecule has 5 heteroatoms. The summed E-state index contributed by atoms with van der Waals surface area (Å²) >= 11 is 0. The van der Waals surface area contributed by atoms with Gasteiger partial charge in [0.25, 0.3) is 0 Å². The molecule has 0 unspecified atom stereocenters. The van der Waals surface area contributed by atoms with Gasteiger partial charge in [0.05, 0.1) is 11.4 Å². The zero-order valence-corrected chi connectivity index (χ0v) is 11.6. The Morgan fingerprint density at radius 3 is 2.74 bits per heavy atom. The summed E-state index contributed by atoms with van der Waals surface area (Å²) in [5.74, 6) is 2.89. The molecule has 2 N–H and O–H groups in total. The molecule has 1 aliphatic carbocycles. The lowest BCUT2D eigenvalue weighted by Gasteiger charge is -2.20. The molecule has 0 saturated heterocycles. The average Bonchev–Trinajstić information content (AvgIpc) is 3.22. The van der Waals surface area contributed by atoms with E-state index in [1.807, 2.05) is 6.07 Å². The van der Waals surface area contributed by atoms with Gasteiger partial charge in [0, 0.05) is 13.1 Å². The molecule has 102 valence electrons. The summed E-state index contributed by atoms with van der Waals surface area (Å²) in [6.45, 7) is 0.951. The highest BCUT2D eigenvalue weighted by Crippen LogP contribution is 2.31. The molecular weight excluding hydrogens is 260 g/mol. The smallest absolute Gasteiger partial charge is 0.243 e. The van der Waals surface area contributed by atoms with E-state index in [1.54, 1.807) is 18.2 Å². The van der Waals surface area contributed by atoms with E-state index in [-0.39, 0.29) is 11.4 Å². The van der Waals surface area contributed by atoms with Crippen LogP contribution in [0.15, 0.2) is 29.2 Å². The maximum atomic E-state index is 12.5. The molecule has 1 saturated carbocycles. The number of rotatable bonds is 6. The first-order valence-corrected chi connectivity index (χ1v) is 7.74. The van der Waals surface area contributed by atoms with Gasteiger partial charge in [-0.05, 0) is 36.5 Å². The summed E-state index contributed by atoms with van der Waals surface area (Å²) < 4.78 is 26.5. The maximum Gasteiger partial charge on any atom is 0.243 e. The third-order valence-electron chi connectivity index (χ3n) is 3.20. The standard InChI is InChI=1S/C14H18N2O2S/c1-2-8-16(11-12-6-7-12)19(17,18)14-5-3-4-13(9-14)10-15/h1,3-5,9,12H,6-8,10-11,15H2. The SMILES string of the molecule is C#CCN(CC1CC1)S(=O)(=O)c1cccc(CN)c1. The van der Waals surface area contributed by atoms with Crippen molar-refractivity contribution in [1.82, 2.24) is 4.31 Å². The fraction of sp³-hybridized carbons (Fsp3) is 0.429. The molecule has 0 amide bonds. The van der Waals surface area contributed by atoms with Crippen LogP contribution in [0.1, 0.15) is 18.4 Å². The molecule has 0 aliphatic heterocycles. The number of nitrogens with zero attached hydrogens (tertiary/aromatic N) is 1. The van der Waals surface area contributed by atoms with Gasteiger partial charge in [-0.1, -0.05) is 18.1 Å². The molecule has 0 bridgehead atoms. The molecule has 0 heterocycles. The second-order valence-corrected chi connectivity index (χ2v) is 6.73. The third kappa shape index (κ3) is 3.35. The van der Waals surface area contributed by atoms with E-state index in [0.29, 0.717) is 19.0 Å². The zero-order chi connectivity index (χ0) is 13.9. The normalized spacial score (nSPS) is 15.4. The second kappa shape index (κ2) is 5.74. The third-order valence-corrected chi connectivity index (χ3v) is 5.01. The van der Waals surface area contributed by atoms with Crippen molar-refractivity contribution in [3.8, 4) is 12.3 Å². The van der Waals surface area contributed by atoms with Crippen LogP contribution in [0.4, 0.5) is 0 Å². The van der Waals surface area contributed by atoms with Crippen LogP contribution >= 0.6 is 0 Å². The van der Waals surface area contributed by atoms with Crippen molar-refractivity contribution in [1.29, 1.82) is 0 Å². The molecule has 0 atom stereocenters. The Morgan fingerprint density at radius 2 is 2.16 bits per heavy atom. The monoisotopic (exact) mass is 278 g/mol. The Kier molecular flexibility index (Phi) is 4.25. The van der Waals surface area contributed by atoms with Gasteiger partial charge in [-0.15, -0.1) is 6.42 Å². The minimum Gasteiger partial charge on any atom is -0.326 e. The lowest BCUT2D eigenvalue weighted by Crippen LogP contribution is -2.33. The topological polar surface area (TPSA) is 63.4 Å². The van der Waals surface area contributed by atoms with Crippen molar-refractivity contribution in [2.75, 3.05) is 13.1 Å². The number of sulfonamides is 1. The van der Waals surface area contributed by atoms with Crippen LogP contribution < -0.4 is 5.73 Å². The van der Waals surface area contributed by atoms with Crippen LogP contribution in [0, 0.1) is 18.3 Å². The van der Waals surface area contributed by atoms with Crippen molar-refractivity contribution in [3.63, 3.8) is 0 Å². The molecule has 1 fully saturated rings. The van der Waals surface area contributed by atoms with Gasteiger partial charge >= 0.3 is 0 Å². The minimum absolute atomic E-state index is 0.117. The Hall–Kier alpha value is -1.35. The van der Waals surface area contributed by atoms with Crippen LogP contribution in [0.5, 0.6) is 0 Å². The molecule has 2 rings (SSSR count). The van der Waals surface area contributed by atoms with Crippen LogP contribution in [0.2, 0.25) is 0 Å². The van der Waals surface area contributed by atoms with Gasteiger partial charge in [-0.25, -0.2) is 8.42 Å². The van der Waals surface area contributed by atoms with E-state index in [4.69, 9.17) is 12.2 Å². The predicted molar refractivity (Wildman–Crippen MR) is 74.6 cm³/mol. The maximum absolute atomic E-state index is 12.5. The molecule has 0 aromatic heterocycles. The van der Waals surface area contributed by atoms with Crippen LogP contribution in [0.25, 0.3) is 0 Å². The molecule has 1 aromatic rings. The fourth-order valence-corrected chi connectivity index (χ4v) is 3.42.